The van der Waals surface area contributed by atoms with E-state index < -0.39 is 5.97 Å². The number of carbonyl (C=O) groups is 1. The summed E-state index contributed by atoms with van der Waals surface area (Å²) in [6, 6.07) is 1.86. The quantitative estimate of drug-likeness (QED) is 0.798. The van der Waals surface area contributed by atoms with Gasteiger partial charge in [-0.1, -0.05) is 11.3 Å². The molecule has 0 radical (unpaired) electrons. The number of hydrogen-bond donors (Lipinski definition) is 1. The summed E-state index contributed by atoms with van der Waals surface area (Å²) >= 11 is 2.50. The van der Waals surface area contributed by atoms with Crippen LogP contribution in [0.25, 0.3) is 5.52 Å². The molecule has 0 unspecified atom stereocenters. The molecule has 0 saturated heterocycles. The molecule has 0 aliphatic rings. The van der Waals surface area contributed by atoms with Gasteiger partial charge in [-0.15, -0.1) is 0 Å². The van der Waals surface area contributed by atoms with Crippen molar-refractivity contribution in [3.05, 3.63) is 35.2 Å². The van der Waals surface area contributed by atoms with E-state index in [0.717, 1.165) is 21.9 Å². The molecular formula is C11H8N4O2S2. The second-order valence-electron chi connectivity index (χ2n) is 3.69. The van der Waals surface area contributed by atoms with E-state index >= 15 is 0 Å². The van der Waals surface area contributed by atoms with Gasteiger partial charge in [0.25, 0.3) is 0 Å². The minimum atomic E-state index is -0.947. The van der Waals surface area contributed by atoms with E-state index in [4.69, 9.17) is 5.11 Å². The number of nitrogens with zero attached hydrogens (tertiary/aromatic N) is 4. The molecule has 0 fully saturated rings. The summed E-state index contributed by atoms with van der Waals surface area (Å²) in [5, 5.41) is 13.9. The van der Waals surface area contributed by atoms with Gasteiger partial charge in [0, 0.05) is 12.4 Å². The first-order valence-electron chi connectivity index (χ1n) is 5.32. The van der Waals surface area contributed by atoms with Crippen LogP contribution < -0.4 is 0 Å². The number of carboxylic acid groups (broad SMARTS) is 1. The first-order valence-corrected chi connectivity index (χ1v) is 6.95. The van der Waals surface area contributed by atoms with Crippen LogP contribution in [0.2, 0.25) is 0 Å². The van der Waals surface area contributed by atoms with E-state index in [1.165, 1.54) is 11.8 Å². The van der Waals surface area contributed by atoms with Gasteiger partial charge in [-0.3, -0.25) is 0 Å². The molecule has 96 valence electrons. The van der Waals surface area contributed by atoms with E-state index in [9.17, 15) is 4.79 Å². The molecule has 1 N–H and O–H groups in total. The molecule has 8 heteroatoms. The van der Waals surface area contributed by atoms with Crippen LogP contribution in [-0.2, 0) is 0 Å². The molecule has 6 nitrogen and oxygen atoms in total. The Morgan fingerprint density at radius 1 is 1.47 bits per heavy atom. The van der Waals surface area contributed by atoms with Gasteiger partial charge in [0.1, 0.15) is 9.90 Å². The first-order chi connectivity index (χ1) is 9.15. The van der Waals surface area contributed by atoms with E-state index in [1.807, 2.05) is 6.07 Å². The number of carboxylic acids is 1. The second-order valence-corrected chi connectivity index (χ2v) is 5.93. The molecular weight excluding hydrogens is 284 g/mol. The lowest BCUT2D eigenvalue weighted by Gasteiger charge is -1.99. The smallest absolute Gasteiger partial charge is 0.347 e. The van der Waals surface area contributed by atoms with Crippen molar-refractivity contribution in [3.8, 4) is 0 Å². The number of hydrogen-bond acceptors (Lipinski definition) is 6. The van der Waals surface area contributed by atoms with Gasteiger partial charge in [0.2, 0.25) is 0 Å². The average Bonchev–Trinajstić information content (AvgIpc) is 2.96. The molecule has 3 heterocycles. The maximum Gasteiger partial charge on any atom is 0.347 e. The molecule has 0 atom stereocenters. The maximum absolute atomic E-state index is 11.0. The van der Waals surface area contributed by atoms with Gasteiger partial charge >= 0.3 is 5.97 Å². The third kappa shape index (κ3) is 2.20. The molecule has 0 aliphatic heterocycles. The third-order valence-electron chi connectivity index (χ3n) is 2.44. The van der Waals surface area contributed by atoms with Crippen LogP contribution in [-0.4, -0.2) is 30.7 Å². The number of rotatable bonds is 3. The van der Waals surface area contributed by atoms with Gasteiger partial charge in [-0.05, 0) is 24.8 Å². The molecule has 0 saturated carbocycles. The fraction of sp³-hybridized carbons (Fsp3) is 0.0909. The minimum absolute atomic E-state index is 0.267. The van der Waals surface area contributed by atoms with Crippen LogP contribution in [0.15, 0.2) is 34.0 Å². The van der Waals surface area contributed by atoms with Crippen molar-refractivity contribution in [2.24, 2.45) is 0 Å². The first kappa shape index (κ1) is 12.1. The van der Waals surface area contributed by atoms with Crippen LogP contribution in [0.4, 0.5) is 0 Å². The lowest BCUT2D eigenvalue weighted by molar-refractivity contribution is 0.0701. The Morgan fingerprint density at radius 2 is 2.32 bits per heavy atom. The topological polar surface area (TPSA) is 80.4 Å². The zero-order valence-corrected chi connectivity index (χ0v) is 11.4. The standard InChI is InChI=1S/C11H8N4O2S2/c1-6-8(10(16)17)18-11(14-6)19-9-7-2-3-13-15(7)5-4-12-9/h2-5H,1H3,(H,16,17). The largest absolute Gasteiger partial charge is 0.477 e. The van der Waals surface area contributed by atoms with Crippen molar-refractivity contribution in [1.82, 2.24) is 19.6 Å². The van der Waals surface area contributed by atoms with Crippen LogP contribution in [0, 0.1) is 6.92 Å². The molecule has 3 rings (SSSR count). The molecule has 3 aromatic heterocycles. The highest BCUT2D eigenvalue weighted by Crippen LogP contribution is 2.33. The van der Waals surface area contributed by atoms with Gasteiger partial charge in [-0.2, -0.15) is 5.10 Å². The maximum atomic E-state index is 11.0. The molecule has 19 heavy (non-hydrogen) atoms. The number of aromatic nitrogens is 4. The molecule has 0 aromatic carbocycles. The summed E-state index contributed by atoms with van der Waals surface area (Å²) in [6.45, 7) is 1.69. The highest BCUT2D eigenvalue weighted by atomic mass is 32.2. The fourth-order valence-electron chi connectivity index (χ4n) is 1.61. The van der Waals surface area contributed by atoms with E-state index in [2.05, 4.69) is 15.1 Å². The van der Waals surface area contributed by atoms with Crippen LogP contribution in [0.5, 0.6) is 0 Å². The zero-order valence-electron chi connectivity index (χ0n) is 9.77. The van der Waals surface area contributed by atoms with Gasteiger partial charge < -0.3 is 5.11 Å². The molecule has 0 spiro atoms. The summed E-state index contributed by atoms with van der Waals surface area (Å²) < 4.78 is 2.38. The van der Waals surface area contributed by atoms with E-state index in [1.54, 1.807) is 30.0 Å². The van der Waals surface area contributed by atoms with Crippen molar-refractivity contribution < 1.29 is 9.90 Å². The Balaban J connectivity index is 1.99. The Bertz CT molecular complexity index is 765. The third-order valence-corrected chi connectivity index (χ3v) is 4.66. The Labute approximate surface area is 116 Å². The lowest BCUT2D eigenvalue weighted by atomic mass is 10.4. The Hall–Kier alpha value is -1.93. The highest BCUT2D eigenvalue weighted by Gasteiger charge is 2.16. The van der Waals surface area contributed by atoms with Gasteiger partial charge in [-0.25, -0.2) is 19.3 Å². The van der Waals surface area contributed by atoms with Gasteiger partial charge in [0.05, 0.1) is 17.4 Å². The van der Waals surface area contributed by atoms with Crippen molar-refractivity contribution in [2.45, 2.75) is 16.3 Å². The van der Waals surface area contributed by atoms with Crippen molar-refractivity contribution in [3.63, 3.8) is 0 Å². The molecule has 3 aromatic rings. The lowest BCUT2D eigenvalue weighted by Crippen LogP contribution is -1.94. The average molecular weight is 292 g/mol. The predicted octanol–water partition coefficient (Wildman–Crippen LogP) is 2.34. The summed E-state index contributed by atoms with van der Waals surface area (Å²) in [5.74, 6) is -0.947. The van der Waals surface area contributed by atoms with Crippen LogP contribution in [0.3, 0.4) is 0 Å². The number of fused-ring (bicyclic) bond motifs is 1. The van der Waals surface area contributed by atoms with Crippen LogP contribution >= 0.6 is 23.1 Å². The predicted molar refractivity (Wildman–Crippen MR) is 70.9 cm³/mol. The SMILES string of the molecule is Cc1nc(Sc2nccn3nccc23)sc1C(=O)O. The Morgan fingerprint density at radius 3 is 3.05 bits per heavy atom. The van der Waals surface area contributed by atoms with Crippen molar-refractivity contribution >= 4 is 34.6 Å². The Kier molecular flexibility index (Phi) is 2.96. The number of aromatic carboxylic acids is 1. The summed E-state index contributed by atoms with van der Waals surface area (Å²) in [6.07, 6.45) is 5.10. The number of aryl methyl sites for hydroxylation is 1. The fourth-order valence-corrected chi connectivity index (χ4v) is 3.63. The summed E-state index contributed by atoms with van der Waals surface area (Å²) in [7, 11) is 0. The molecule has 0 amide bonds. The van der Waals surface area contributed by atoms with E-state index in [-0.39, 0.29) is 4.88 Å². The molecule has 0 aliphatic carbocycles. The minimum Gasteiger partial charge on any atom is -0.477 e. The summed E-state index contributed by atoms with van der Waals surface area (Å²) in [4.78, 5) is 19.8. The summed E-state index contributed by atoms with van der Waals surface area (Å²) in [5.41, 5.74) is 1.40. The second kappa shape index (κ2) is 4.63. The van der Waals surface area contributed by atoms with Gasteiger partial charge in [0.15, 0.2) is 4.34 Å². The van der Waals surface area contributed by atoms with Crippen molar-refractivity contribution in [2.75, 3.05) is 0 Å². The normalized spacial score (nSPS) is 11.0. The van der Waals surface area contributed by atoms with Crippen LogP contribution in [0.1, 0.15) is 15.4 Å². The molecule has 0 bridgehead atoms. The highest BCUT2D eigenvalue weighted by molar-refractivity contribution is 8.01. The van der Waals surface area contributed by atoms with E-state index in [0.29, 0.717) is 10.0 Å². The number of thiazole rings is 1. The van der Waals surface area contributed by atoms with Crippen molar-refractivity contribution in [1.29, 1.82) is 0 Å². The zero-order chi connectivity index (χ0) is 13.4. The monoisotopic (exact) mass is 292 g/mol.